The van der Waals surface area contributed by atoms with Crippen LogP contribution in [0.15, 0.2) is 47.1 Å². The molecular weight excluding hydrogens is 607 g/mol. The van der Waals surface area contributed by atoms with Gasteiger partial charge in [-0.2, -0.15) is 0 Å². The molecule has 0 saturated carbocycles. The maximum Gasteiger partial charge on any atom is 0 e. The number of halogens is 2. The third kappa shape index (κ3) is 13.0. The van der Waals surface area contributed by atoms with Crippen molar-refractivity contribution in [2.45, 2.75) is 117 Å². The molecule has 0 unspecified atom stereocenters. The van der Waals surface area contributed by atoms with E-state index in [-0.39, 0.29) is 48.9 Å². The van der Waals surface area contributed by atoms with Crippen LogP contribution >= 0.6 is 34.9 Å². The molecule has 0 bridgehead atoms. The molecule has 0 heterocycles. The normalized spacial score (nSPS) is 16.2. The molecule has 0 aliphatic heterocycles. The van der Waals surface area contributed by atoms with Crippen molar-refractivity contribution >= 4 is 34.9 Å². The van der Waals surface area contributed by atoms with E-state index in [1.165, 1.54) is 0 Å². The van der Waals surface area contributed by atoms with Crippen molar-refractivity contribution in [1.82, 2.24) is 0 Å². The molecule has 0 N–H and O–H groups in total. The molecule has 0 aromatic carbocycles. The van der Waals surface area contributed by atoms with Gasteiger partial charge in [0.05, 0.1) is 0 Å². The van der Waals surface area contributed by atoms with Crippen LogP contribution in [0.2, 0.25) is 0 Å². The molecule has 0 atom stereocenters. The fraction of sp³-hybridized carbons (Fsp3) is 0.692. The molecule has 0 radical (unpaired) electrons. The zero-order valence-corrected chi connectivity index (χ0v) is 28.2. The monoisotopic (exact) mass is 652 g/mol. The number of hydrogen-bond donors (Lipinski definition) is 0. The summed E-state index contributed by atoms with van der Waals surface area (Å²) in [6.07, 6.45) is 16.3. The van der Waals surface area contributed by atoms with Crippen LogP contribution in [-0.2, 0) is 33.0 Å². The number of allylic oxidation sites excluding steroid dienone is 8. The van der Waals surface area contributed by atoms with Crippen molar-refractivity contribution in [2.75, 3.05) is 0 Å². The summed E-state index contributed by atoms with van der Waals surface area (Å²) in [5.41, 5.74) is 0. The van der Waals surface area contributed by atoms with E-state index in [1.54, 1.807) is 10.6 Å². The molecule has 0 amide bonds. The molecule has 6 heteroatoms. The minimum atomic E-state index is -0.106. The van der Waals surface area contributed by atoms with Gasteiger partial charge in [-0.15, -0.1) is 0 Å². The smallest absolute Gasteiger partial charge is 0 e. The van der Waals surface area contributed by atoms with Crippen molar-refractivity contribution in [3.63, 3.8) is 0 Å². The number of hydrogen-bond acceptors (Lipinski definition) is 0. The van der Waals surface area contributed by atoms with Gasteiger partial charge in [-0.25, -0.2) is 0 Å². The minimum Gasteiger partial charge on any atom is 0 e. The molecule has 0 nitrogen and oxygen atoms in total. The van der Waals surface area contributed by atoms with Crippen LogP contribution in [0.5, 0.6) is 0 Å². The predicted octanol–water partition coefficient (Wildman–Crippen LogP) is 11.2. The van der Waals surface area contributed by atoms with Crippen molar-refractivity contribution in [2.24, 2.45) is 0 Å². The van der Waals surface area contributed by atoms with E-state index < -0.39 is 0 Å². The average Bonchev–Trinajstić information content (AvgIpc) is 3.16. The first-order valence-corrected chi connectivity index (χ1v) is 17.7. The molecule has 0 aromatic rings. The summed E-state index contributed by atoms with van der Waals surface area (Å²) >= 11 is -0.106. The largest absolute Gasteiger partial charge is 0 e. The Balaban J connectivity index is 0. The Morgan fingerprint density at radius 2 is 0.812 bits per heavy atom. The standard InChI is InChI=1S/2C13H23P.2ClH.Fe.Pd/c2*1-12(2,3)14(13(4,5)6)11-9-7-8-10-11;;;;/h2*7,9-10H,8H2,1-6H3;2*1H;;/q;;;;;+2/p-2. The van der Waals surface area contributed by atoms with Crippen LogP contribution < -0.4 is 0 Å². The van der Waals surface area contributed by atoms with Gasteiger partial charge in [0.25, 0.3) is 0 Å². The van der Waals surface area contributed by atoms with Crippen LogP contribution in [0.25, 0.3) is 0 Å². The summed E-state index contributed by atoms with van der Waals surface area (Å²) in [7, 11) is 9.49. The van der Waals surface area contributed by atoms with Gasteiger partial charge in [0.2, 0.25) is 0 Å². The Morgan fingerprint density at radius 3 is 0.938 bits per heavy atom. The topological polar surface area (TPSA) is 0 Å². The van der Waals surface area contributed by atoms with Gasteiger partial charge >= 0.3 is 35.0 Å². The molecule has 2 aliphatic carbocycles. The zero-order valence-electron chi connectivity index (χ0n) is 22.2. The second-order valence-electron chi connectivity index (χ2n) is 11.9. The summed E-state index contributed by atoms with van der Waals surface area (Å²) in [4.78, 5) is 0. The van der Waals surface area contributed by atoms with Gasteiger partial charge in [-0.05, 0) is 44.1 Å². The molecule has 0 saturated heterocycles. The van der Waals surface area contributed by atoms with Crippen molar-refractivity contribution in [3.8, 4) is 0 Å². The van der Waals surface area contributed by atoms with Crippen LogP contribution in [0.3, 0.4) is 0 Å². The van der Waals surface area contributed by atoms with E-state index in [0.717, 1.165) is 12.8 Å². The van der Waals surface area contributed by atoms with Gasteiger partial charge in [0, 0.05) is 17.1 Å². The Kier molecular flexibility index (Phi) is 16.7. The average molecular weight is 654 g/mol. The van der Waals surface area contributed by atoms with Gasteiger partial charge in [0.1, 0.15) is 0 Å². The molecule has 2 rings (SSSR count). The Labute approximate surface area is 230 Å². The third-order valence-corrected chi connectivity index (χ3v) is 11.8. The molecule has 2 aliphatic rings. The predicted molar refractivity (Wildman–Crippen MR) is 148 cm³/mol. The van der Waals surface area contributed by atoms with E-state index >= 15 is 0 Å². The van der Waals surface area contributed by atoms with E-state index in [9.17, 15) is 0 Å². The van der Waals surface area contributed by atoms with Gasteiger partial charge in [-0.1, -0.05) is 135 Å². The molecule has 0 aromatic heterocycles. The van der Waals surface area contributed by atoms with Crippen LogP contribution in [0, 0.1) is 0 Å². The van der Waals surface area contributed by atoms with E-state index in [0.29, 0.717) is 20.6 Å². The van der Waals surface area contributed by atoms with Crippen molar-refractivity contribution < 1.29 is 33.0 Å². The Hall–Kier alpha value is 1.58. The van der Waals surface area contributed by atoms with Crippen LogP contribution in [0.4, 0.5) is 0 Å². The summed E-state index contributed by atoms with van der Waals surface area (Å²) < 4.78 is 0. The summed E-state index contributed by atoms with van der Waals surface area (Å²) in [6.45, 7) is 28.5. The van der Waals surface area contributed by atoms with E-state index in [4.69, 9.17) is 19.1 Å². The third-order valence-electron chi connectivity index (χ3n) is 4.70. The van der Waals surface area contributed by atoms with Gasteiger partial charge < -0.3 is 0 Å². The molecular formula is C26H46Cl2FeP2Pd. The van der Waals surface area contributed by atoms with Crippen LogP contribution in [0.1, 0.15) is 95.9 Å². The summed E-state index contributed by atoms with van der Waals surface area (Å²) in [5.74, 6) is 0. The second-order valence-corrected chi connectivity index (χ2v) is 22.0. The van der Waals surface area contributed by atoms with Gasteiger partial charge in [0.15, 0.2) is 0 Å². The minimum absolute atomic E-state index is 0. The van der Waals surface area contributed by atoms with E-state index in [2.05, 4.69) is 120 Å². The van der Waals surface area contributed by atoms with Gasteiger partial charge in [-0.3, -0.25) is 0 Å². The maximum atomic E-state index is 4.81. The molecule has 0 fully saturated rings. The van der Waals surface area contributed by atoms with E-state index in [1.807, 2.05) is 0 Å². The van der Waals surface area contributed by atoms with Crippen molar-refractivity contribution in [1.29, 1.82) is 0 Å². The summed E-state index contributed by atoms with van der Waals surface area (Å²) in [5, 5.41) is 4.84. The molecule has 0 spiro atoms. The SMILES string of the molecule is CC(C)(C)P(C1=CCC=C1)C(C)(C)C.CC(C)(C)P(C1=CCC=C1)C(C)(C)C.[Cl][Pd][Cl].[Fe]. The molecule has 192 valence electrons. The number of rotatable bonds is 2. The zero-order chi connectivity index (χ0) is 24.7. The first-order chi connectivity index (χ1) is 13.9. The Morgan fingerprint density at radius 1 is 0.594 bits per heavy atom. The van der Waals surface area contributed by atoms with Crippen molar-refractivity contribution in [3.05, 3.63) is 47.1 Å². The molecule has 32 heavy (non-hydrogen) atoms. The summed E-state index contributed by atoms with van der Waals surface area (Å²) in [6, 6.07) is 0. The fourth-order valence-electron chi connectivity index (χ4n) is 4.78. The second kappa shape index (κ2) is 15.0. The Bertz CT molecular complexity index is 584. The first-order valence-electron chi connectivity index (χ1n) is 11.0. The quantitative estimate of drug-likeness (QED) is 0.206. The van der Waals surface area contributed by atoms with Crippen LogP contribution in [-0.4, -0.2) is 20.6 Å². The fourth-order valence-corrected chi connectivity index (χ4v) is 13.0. The maximum absolute atomic E-state index is 4.81. The first kappa shape index (κ1) is 35.7.